The summed E-state index contributed by atoms with van der Waals surface area (Å²) >= 11 is 0. The maximum atomic E-state index is 12.9. The zero-order valence-corrected chi connectivity index (χ0v) is 13.3. The van der Waals surface area contributed by atoms with Gasteiger partial charge in [0.2, 0.25) is 5.91 Å². The van der Waals surface area contributed by atoms with Crippen LogP contribution in [0.5, 0.6) is 0 Å². The molecule has 0 radical (unpaired) electrons. The lowest BCUT2D eigenvalue weighted by molar-refractivity contribution is -0.139. The molecule has 0 aliphatic carbocycles. The molecule has 1 aromatic rings. The van der Waals surface area contributed by atoms with E-state index in [-0.39, 0.29) is 37.0 Å². The van der Waals surface area contributed by atoms with Crippen molar-refractivity contribution in [3.63, 3.8) is 0 Å². The summed E-state index contributed by atoms with van der Waals surface area (Å²) in [5.41, 5.74) is -0.630. The van der Waals surface area contributed by atoms with Crippen molar-refractivity contribution in [2.45, 2.75) is 12.7 Å². The first-order valence-corrected chi connectivity index (χ1v) is 6.45. The van der Waals surface area contributed by atoms with Gasteiger partial charge in [-0.2, -0.15) is 13.2 Å². The van der Waals surface area contributed by atoms with Crippen molar-refractivity contribution in [3.8, 4) is 0 Å². The number of ether oxygens (including phenoxy) is 1. The van der Waals surface area contributed by atoms with Crippen molar-refractivity contribution in [3.05, 3.63) is 35.4 Å². The number of benzene rings is 1. The standard InChI is InChI=1S/C14H19F3N2O2.ClH/c1-19(13(20)9-18-7-8-21-2)10-11-5-3-4-6-12(11)14(15,16)17;/h3-6,18H,7-10H2,1-2H3;1H. The summed E-state index contributed by atoms with van der Waals surface area (Å²) in [4.78, 5) is 13.1. The van der Waals surface area contributed by atoms with Crippen LogP contribution in [0.2, 0.25) is 0 Å². The summed E-state index contributed by atoms with van der Waals surface area (Å²) in [6.45, 7) is 0.956. The fourth-order valence-electron chi connectivity index (χ4n) is 1.78. The van der Waals surface area contributed by atoms with Crippen LogP contribution in [0.1, 0.15) is 11.1 Å². The molecule has 0 unspecified atom stereocenters. The number of nitrogens with zero attached hydrogens (tertiary/aromatic N) is 1. The molecule has 126 valence electrons. The second-order valence-corrected chi connectivity index (χ2v) is 4.57. The van der Waals surface area contributed by atoms with Gasteiger partial charge in [0.15, 0.2) is 0 Å². The highest BCUT2D eigenvalue weighted by atomic mass is 35.5. The van der Waals surface area contributed by atoms with E-state index in [2.05, 4.69) is 5.32 Å². The Bertz CT molecular complexity index is 470. The lowest BCUT2D eigenvalue weighted by Gasteiger charge is -2.20. The van der Waals surface area contributed by atoms with Crippen LogP contribution >= 0.6 is 12.4 Å². The van der Waals surface area contributed by atoms with Gasteiger partial charge in [0.1, 0.15) is 0 Å². The molecular formula is C14H20ClF3N2O2. The van der Waals surface area contributed by atoms with Gasteiger partial charge in [0.05, 0.1) is 18.7 Å². The molecule has 0 aromatic heterocycles. The molecule has 0 atom stereocenters. The molecule has 0 aliphatic heterocycles. The second kappa shape index (κ2) is 9.66. The molecule has 0 saturated carbocycles. The van der Waals surface area contributed by atoms with E-state index in [0.29, 0.717) is 13.2 Å². The van der Waals surface area contributed by atoms with E-state index < -0.39 is 11.7 Å². The maximum Gasteiger partial charge on any atom is 0.416 e. The third-order valence-electron chi connectivity index (χ3n) is 2.92. The topological polar surface area (TPSA) is 41.6 Å². The maximum absolute atomic E-state index is 12.9. The van der Waals surface area contributed by atoms with Gasteiger partial charge in [-0.25, -0.2) is 0 Å². The average molecular weight is 341 g/mol. The van der Waals surface area contributed by atoms with Crippen LogP contribution in [0.15, 0.2) is 24.3 Å². The Morgan fingerprint density at radius 1 is 1.32 bits per heavy atom. The van der Waals surface area contributed by atoms with Gasteiger partial charge in [-0.05, 0) is 11.6 Å². The lowest BCUT2D eigenvalue weighted by Crippen LogP contribution is -2.36. The Morgan fingerprint density at radius 3 is 2.55 bits per heavy atom. The number of nitrogens with one attached hydrogen (secondary N) is 1. The van der Waals surface area contributed by atoms with Crippen LogP contribution in [0, 0.1) is 0 Å². The van der Waals surface area contributed by atoms with E-state index in [1.165, 1.54) is 30.1 Å². The molecular weight excluding hydrogens is 321 g/mol. The van der Waals surface area contributed by atoms with E-state index in [1.807, 2.05) is 0 Å². The molecule has 4 nitrogen and oxygen atoms in total. The van der Waals surface area contributed by atoms with Gasteiger partial charge in [-0.15, -0.1) is 12.4 Å². The molecule has 1 rings (SSSR count). The number of halogens is 4. The summed E-state index contributed by atoms with van der Waals surface area (Å²) in [7, 11) is 3.02. The summed E-state index contributed by atoms with van der Waals surface area (Å²) in [6, 6.07) is 5.26. The monoisotopic (exact) mass is 340 g/mol. The van der Waals surface area contributed by atoms with Gasteiger partial charge in [0.25, 0.3) is 0 Å². The SMILES string of the molecule is COCCNCC(=O)N(C)Cc1ccccc1C(F)(F)F.Cl. The Balaban J connectivity index is 0.00000441. The predicted molar refractivity (Wildman–Crippen MR) is 79.9 cm³/mol. The number of methoxy groups -OCH3 is 1. The van der Waals surface area contributed by atoms with Crippen LogP contribution in [0.4, 0.5) is 13.2 Å². The largest absolute Gasteiger partial charge is 0.416 e. The summed E-state index contributed by atoms with van der Waals surface area (Å²) < 4.78 is 43.4. The quantitative estimate of drug-likeness (QED) is 0.775. The Hall–Kier alpha value is -1.31. The number of hydrogen-bond acceptors (Lipinski definition) is 3. The Kier molecular flexibility index (Phi) is 9.08. The van der Waals surface area contributed by atoms with Crippen molar-refractivity contribution in [1.82, 2.24) is 10.2 Å². The van der Waals surface area contributed by atoms with Gasteiger partial charge < -0.3 is 15.0 Å². The van der Waals surface area contributed by atoms with Crippen LogP contribution < -0.4 is 5.32 Å². The predicted octanol–water partition coefficient (Wildman–Crippen LogP) is 2.32. The molecule has 0 aliphatic rings. The van der Waals surface area contributed by atoms with E-state index in [4.69, 9.17) is 4.74 Å². The van der Waals surface area contributed by atoms with Crippen molar-refractivity contribution in [2.75, 3.05) is 33.9 Å². The van der Waals surface area contributed by atoms with Gasteiger partial charge in [-0.1, -0.05) is 18.2 Å². The molecule has 1 N–H and O–H groups in total. The average Bonchev–Trinajstić information content (AvgIpc) is 2.42. The van der Waals surface area contributed by atoms with Crippen LogP contribution in [-0.4, -0.2) is 44.7 Å². The molecule has 0 fully saturated rings. The van der Waals surface area contributed by atoms with E-state index in [9.17, 15) is 18.0 Å². The van der Waals surface area contributed by atoms with Crippen LogP contribution in [-0.2, 0) is 22.3 Å². The fraction of sp³-hybridized carbons (Fsp3) is 0.500. The number of alkyl halides is 3. The van der Waals surface area contributed by atoms with E-state index in [0.717, 1.165) is 6.07 Å². The zero-order chi connectivity index (χ0) is 15.9. The molecule has 0 heterocycles. The molecule has 0 saturated heterocycles. The third-order valence-corrected chi connectivity index (χ3v) is 2.92. The zero-order valence-electron chi connectivity index (χ0n) is 12.4. The first kappa shape index (κ1) is 20.7. The minimum Gasteiger partial charge on any atom is -0.383 e. The highest BCUT2D eigenvalue weighted by Crippen LogP contribution is 2.32. The van der Waals surface area contributed by atoms with Crippen molar-refractivity contribution < 1.29 is 22.7 Å². The molecule has 1 aromatic carbocycles. The minimum atomic E-state index is -4.42. The number of carbonyl (C=O) groups is 1. The number of hydrogen-bond donors (Lipinski definition) is 1. The van der Waals surface area contributed by atoms with E-state index in [1.54, 1.807) is 7.11 Å². The number of likely N-dealkylation sites (N-methyl/N-ethyl adjacent to an activating group) is 1. The highest BCUT2D eigenvalue weighted by molar-refractivity contribution is 5.85. The van der Waals surface area contributed by atoms with Crippen LogP contribution in [0.3, 0.4) is 0 Å². The first-order chi connectivity index (χ1) is 9.86. The molecule has 8 heteroatoms. The minimum absolute atomic E-state index is 0. The van der Waals surface area contributed by atoms with Crippen molar-refractivity contribution >= 4 is 18.3 Å². The van der Waals surface area contributed by atoms with Gasteiger partial charge in [0, 0.05) is 27.2 Å². The summed E-state index contributed by atoms with van der Waals surface area (Å²) in [6.07, 6.45) is -4.42. The molecule has 22 heavy (non-hydrogen) atoms. The highest BCUT2D eigenvalue weighted by Gasteiger charge is 2.33. The van der Waals surface area contributed by atoms with Gasteiger partial charge in [-0.3, -0.25) is 4.79 Å². The normalized spacial score (nSPS) is 11.0. The summed E-state index contributed by atoms with van der Waals surface area (Å²) in [5.74, 6) is -0.275. The Labute approximate surface area is 134 Å². The van der Waals surface area contributed by atoms with Gasteiger partial charge >= 0.3 is 6.18 Å². The number of carbonyl (C=O) groups excluding carboxylic acids is 1. The Morgan fingerprint density at radius 2 is 1.95 bits per heavy atom. The third kappa shape index (κ3) is 6.64. The molecule has 0 spiro atoms. The smallest absolute Gasteiger partial charge is 0.383 e. The second-order valence-electron chi connectivity index (χ2n) is 4.57. The lowest BCUT2D eigenvalue weighted by atomic mass is 10.1. The molecule has 0 bridgehead atoms. The first-order valence-electron chi connectivity index (χ1n) is 6.45. The van der Waals surface area contributed by atoms with Crippen molar-refractivity contribution in [1.29, 1.82) is 0 Å². The number of rotatable bonds is 7. The fourth-order valence-corrected chi connectivity index (χ4v) is 1.78. The van der Waals surface area contributed by atoms with Crippen LogP contribution in [0.25, 0.3) is 0 Å². The van der Waals surface area contributed by atoms with Crippen molar-refractivity contribution in [2.24, 2.45) is 0 Å². The number of amides is 1. The van der Waals surface area contributed by atoms with E-state index >= 15 is 0 Å². The molecule has 1 amide bonds. The summed E-state index contributed by atoms with van der Waals surface area (Å²) in [5, 5.41) is 2.86.